The maximum absolute atomic E-state index is 13.6. The number of benzene rings is 1. The smallest absolute Gasteiger partial charge is 0.395 e. The predicted octanol–water partition coefficient (Wildman–Crippen LogP) is 3.96. The second-order valence-electron chi connectivity index (χ2n) is 6.97. The lowest BCUT2D eigenvalue weighted by molar-refractivity contribution is -0.287. The van der Waals surface area contributed by atoms with Crippen LogP contribution in [0.3, 0.4) is 0 Å². The van der Waals surface area contributed by atoms with Crippen LogP contribution in [-0.4, -0.2) is 37.4 Å². The molecule has 1 saturated heterocycles. The summed E-state index contributed by atoms with van der Waals surface area (Å²) < 4.78 is 36.8. The van der Waals surface area contributed by atoms with Crippen LogP contribution in [0.5, 0.6) is 11.5 Å². The number of nitrogens with one attached hydrogen (secondary N) is 1. The average Bonchev–Trinajstić information content (AvgIpc) is 2.92. The Labute approximate surface area is 153 Å². The molecule has 1 aliphatic carbocycles. The summed E-state index contributed by atoms with van der Waals surface area (Å²) in [5.74, 6) is 0.881. The van der Waals surface area contributed by atoms with E-state index in [4.69, 9.17) is 4.74 Å². The molecule has 1 atom stereocenters. The van der Waals surface area contributed by atoms with Crippen molar-refractivity contribution in [3.8, 4) is 11.5 Å². The molecule has 140 valence electrons. The lowest BCUT2D eigenvalue weighted by Crippen LogP contribution is -2.47. The molecule has 0 bridgehead atoms. The summed E-state index contributed by atoms with van der Waals surface area (Å²) in [6, 6.07) is 5.43. The van der Waals surface area contributed by atoms with E-state index in [0.717, 1.165) is 44.6 Å². The van der Waals surface area contributed by atoms with E-state index >= 15 is 0 Å². The highest BCUT2D eigenvalue weighted by Crippen LogP contribution is 2.49. The Balaban J connectivity index is 0.00000182. The first kappa shape index (κ1) is 18.7. The van der Waals surface area contributed by atoms with Crippen LogP contribution in [0.1, 0.15) is 43.7 Å². The van der Waals surface area contributed by atoms with Crippen LogP contribution >= 0.6 is 12.4 Å². The van der Waals surface area contributed by atoms with Crippen molar-refractivity contribution < 1.29 is 18.3 Å². The molecule has 2 heterocycles. The molecule has 0 amide bonds. The van der Waals surface area contributed by atoms with E-state index in [1.165, 1.54) is 19.3 Å². The van der Waals surface area contributed by atoms with E-state index in [9.17, 15) is 8.78 Å². The molecule has 25 heavy (non-hydrogen) atoms. The number of halogens is 3. The summed E-state index contributed by atoms with van der Waals surface area (Å²) in [6.07, 6.45) is 2.45. The summed E-state index contributed by atoms with van der Waals surface area (Å²) in [4.78, 5) is 2.43. The quantitative estimate of drug-likeness (QED) is 0.868. The third-order valence-corrected chi connectivity index (χ3v) is 5.42. The monoisotopic (exact) mass is 374 g/mol. The molecule has 4 nitrogen and oxygen atoms in total. The Hall–Kier alpha value is -1.11. The van der Waals surface area contributed by atoms with Crippen molar-refractivity contribution in [2.75, 3.05) is 26.2 Å². The van der Waals surface area contributed by atoms with Gasteiger partial charge in [0.15, 0.2) is 11.5 Å². The van der Waals surface area contributed by atoms with Gasteiger partial charge in [-0.15, -0.1) is 21.2 Å². The number of piperazine rings is 1. The molecule has 1 saturated carbocycles. The zero-order valence-corrected chi connectivity index (χ0v) is 15.0. The Morgan fingerprint density at radius 3 is 2.52 bits per heavy atom. The zero-order chi connectivity index (χ0) is 16.6. The maximum atomic E-state index is 13.6. The van der Waals surface area contributed by atoms with Crippen LogP contribution < -0.4 is 14.8 Å². The fraction of sp³-hybridized carbons (Fsp3) is 0.667. The molecule has 0 unspecified atom stereocenters. The van der Waals surface area contributed by atoms with E-state index in [1.54, 1.807) is 12.1 Å². The van der Waals surface area contributed by atoms with Gasteiger partial charge < -0.3 is 14.8 Å². The largest absolute Gasteiger partial charge is 0.586 e. The minimum Gasteiger partial charge on any atom is -0.395 e. The van der Waals surface area contributed by atoms with Gasteiger partial charge in [0.2, 0.25) is 0 Å². The molecule has 0 radical (unpaired) electrons. The molecule has 7 heteroatoms. The van der Waals surface area contributed by atoms with Crippen LogP contribution in [0.4, 0.5) is 8.78 Å². The second kappa shape index (κ2) is 7.64. The van der Waals surface area contributed by atoms with Gasteiger partial charge in [-0.25, -0.2) is 0 Å². The minimum atomic E-state index is -3.56. The SMILES string of the molecule is Cl.FC1(F)Oc2cccc([C@@H](C3CCCCC3)N3CCNCC3)c2O1. The minimum absolute atomic E-state index is 0. The number of fused-ring (bicyclic) bond motifs is 1. The molecule has 1 aromatic carbocycles. The molecule has 2 fully saturated rings. The topological polar surface area (TPSA) is 33.7 Å². The number of hydrogen-bond acceptors (Lipinski definition) is 4. The first-order valence-corrected chi connectivity index (χ1v) is 8.97. The van der Waals surface area contributed by atoms with Crippen molar-refractivity contribution in [2.24, 2.45) is 5.92 Å². The third kappa shape index (κ3) is 3.86. The van der Waals surface area contributed by atoms with Crippen molar-refractivity contribution in [1.82, 2.24) is 10.2 Å². The predicted molar refractivity (Wildman–Crippen MR) is 93.7 cm³/mol. The average molecular weight is 375 g/mol. The van der Waals surface area contributed by atoms with Crippen LogP contribution in [-0.2, 0) is 0 Å². The first-order chi connectivity index (χ1) is 11.6. The summed E-state index contributed by atoms with van der Waals surface area (Å²) in [6.45, 7) is 3.74. The molecular formula is C18H25ClF2N2O2. The fourth-order valence-electron chi connectivity index (χ4n) is 4.38. The standard InChI is InChI=1S/C18H24F2N2O2.ClH/c19-18(20)23-15-8-4-7-14(17(15)24-18)16(13-5-2-1-3-6-13)22-11-9-21-10-12-22;/h4,7-8,13,16,21H,1-3,5-6,9-12H2;1H/t16-;/m1./s1. The molecule has 0 aromatic heterocycles. The Morgan fingerprint density at radius 2 is 1.80 bits per heavy atom. The number of hydrogen-bond donors (Lipinski definition) is 1. The number of alkyl halides is 2. The Kier molecular flexibility index (Phi) is 5.71. The number of para-hydroxylation sites is 1. The molecule has 1 aromatic rings. The van der Waals surface area contributed by atoms with Gasteiger partial charge in [0.25, 0.3) is 0 Å². The van der Waals surface area contributed by atoms with E-state index in [0.29, 0.717) is 5.92 Å². The molecular weight excluding hydrogens is 350 g/mol. The molecule has 0 spiro atoms. The van der Waals surface area contributed by atoms with Crippen molar-refractivity contribution in [3.05, 3.63) is 23.8 Å². The highest BCUT2D eigenvalue weighted by molar-refractivity contribution is 5.85. The van der Waals surface area contributed by atoms with E-state index in [2.05, 4.69) is 15.0 Å². The van der Waals surface area contributed by atoms with E-state index in [1.807, 2.05) is 6.07 Å². The van der Waals surface area contributed by atoms with Crippen molar-refractivity contribution in [1.29, 1.82) is 0 Å². The normalized spacial score (nSPS) is 24.6. The maximum Gasteiger partial charge on any atom is 0.586 e. The number of rotatable bonds is 3. The van der Waals surface area contributed by atoms with Gasteiger partial charge in [0.05, 0.1) is 0 Å². The van der Waals surface area contributed by atoms with Crippen LogP contribution in [0.15, 0.2) is 18.2 Å². The summed E-state index contributed by atoms with van der Waals surface area (Å²) in [5, 5.41) is 3.37. The molecule has 4 rings (SSSR count). The van der Waals surface area contributed by atoms with E-state index < -0.39 is 6.29 Å². The number of nitrogens with zero attached hydrogens (tertiary/aromatic N) is 1. The van der Waals surface area contributed by atoms with Crippen molar-refractivity contribution >= 4 is 12.4 Å². The van der Waals surface area contributed by atoms with Gasteiger partial charge in [-0.2, -0.15) is 0 Å². The zero-order valence-electron chi connectivity index (χ0n) is 14.2. The summed E-state index contributed by atoms with van der Waals surface area (Å²) in [7, 11) is 0. The van der Waals surface area contributed by atoms with Crippen LogP contribution in [0.2, 0.25) is 0 Å². The van der Waals surface area contributed by atoms with Crippen LogP contribution in [0.25, 0.3) is 0 Å². The van der Waals surface area contributed by atoms with Crippen LogP contribution in [0, 0.1) is 5.92 Å². The van der Waals surface area contributed by atoms with Gasteiger partial charge in [0, 0.05) is 37.8 Å². The van der Waals surface area contributed by atoms with Gasteiger partial charge >= 0.3 is 6.29 Å². The van der Waals surface area contributed by atoms with E-state index in [-0.39, 0.29) is 29.9 Å². The molecule has 2 aliphatic heterocycles. The summed E-state index contributed by atoms with van der Waals surface area (Å²) in [5.41, 5.74) is 0.860. The molecule has 3 aliphatic rings. The highest BCUT2D eigenvalue weighted by atomic mass is 35.5. The lowest BCUT2D eigenvalue weighted by Gasteiger charge is -2.41. The third-order valence-electron chi connectivity index (χ3n) is 5.42. The van der Waals surface area contributed by atoms with Crippen molar-refractivity contribution in [3.63, 3.8) is 0 Å². The van der Waals surface area contributed by atoms with Gasteiger partial charge in [-0.1, -0.05) is 31.4 Å². The second-order valence-corrected chi connectivity index (χ2v) is 6.97. The fourth-order valence-corrected chi connectivity index (χ4v) is 4.38. The van der Waals surface area contributed by atoms with Gasteiger partial charge in [-0.3, -0.25) is 4.90 Å². The Morgan fingerprint density at radius 1 is 1.08 bits per heavy atom. The molecule has 1 N–H and O–H groups in total. The number of ether oxygens (including phenoxy) is 2. The lowest BCUT2D eigenvalue weighted by atomic mass is 9.80. The van der Waals surface area contributed by atoms with Crippen molar-refractivity contribution in [2.45, 2.75) is 44.4 Å². The Bertz CT molecular complexity index is 572. The first-order valence-electron chi connectivity index (χ1n) is 8.97. The van der Waals surface area contributed by atoms with Gasteiger partial charge in [0.1, 0.15) is 0 Å². The summed E-state index contributed by atoms with van der Waals surface area (Å²) >= 11 is 0. The van der Waals surface area contributed by atoms with Gasteiger partial charge in [-0.05, 0) is 24.8 Å². The highest BCUT2D eigenvalue weighted by Gasteiger charge is 2.46.